The van der Waals surface area contributed by atoms with Gasteiger partial charge < -0.3 is 9.80 Å². The van der Waals surface area contributed by atoms with Gasteiger partial charge in [-0.15, -0.1) is 0 Å². The fraction of sp³-hybridized carbons (Fsp3) is 0.0952. The Bertz CT molecular complexity index is 4040. The molecule has 0 unspecified atom stereocenters. The molecule has 0 fully saturated rings. The van der Waals surface area contributed by atoms with Crippen molar-refractivity contribution in [2.24, 2.45) is 0 Å². The fourth-order valence-electron chi connectivity index (χ4n) is 11.9. The zero-order chi connectivity index (χ0) is 59.2. The molecule has 86 heavy (non-hydrogen) atoms. The van der Waals surface area contributed by atoms with Crippen molar-refractivity contribution in [3.63, 3.8) is 0 Å². The van der Waals surface area contributed by atoms with Crippen LogP contribution in [0.25, 0.3) is 42.0 Å². The number of aryl methyl sites for hydroxylation is 6. The molecule has 11 aromatic carbocycles. The van der Waals surface area contributed by atoms with Crippen molar-refractivity contribution in [3.05, 3.63) is 374 Å². The van der Waals surface area contributed by atoms with Crippen LogP contribution >= 0.6 is 0 Å². The Labute approximate surface area is 511 Å². The van der Waals surface area contributed by atoms with E-state index in [0.29, 0.717) is 5.92 Å². The standard InChI is InChI=1S/C84H74N2/c1-61-57-63(3)83(64(4)58-61)85(77-49-41-67(42-50-77)21-19-31-81(73-23-11-7-12-24-73)74-25-13-8-14-26-74)79-53-45-71(46-54-79)39-37-69-33-35-70(36-34-69)38-40-72-47-55-80(56-48-72)86(84-65(5)59-62(2)60-66(84)6)78-51-43-68(44-52-78)22-20-32-82(75-27-15-9-16-28-75)76-29-17-10-18-30-76/h7-31,33-60,82H,32H2,1-6H3. The smallest absolute Gasteiger partial charge is 0.0520 e. The van der Waals surface area contributed by atoms with E-state index in [1.165, 1.54) is 78.1 Å². The molecule has 11 rings (SSSR count). The molecule has 0 saturated carbocycles. The molecule has 0 saturated heterocycles. The maximum atomic E-state index is 2.40. The molecule has 0 heterocycles. The van der Waals surface area contributed by atoms with Gasteiger partial charge in [0, 0.05) is 28.7 Å². The highest BCUT2D eigenvalue weighted by atomic mass is 15.2. The largest absolute Gasteiger partial charge is 0.310 e. The first-order valence-corrected chi connectivity index (χ1v) is 30.0. The van der Waals surface area contributed by atoms with E-state index >= 15 is 0 Å². The van der Waals surface area contributed by atoms with Crippen LogP contribution < -0.4 is 9.80 Å². The molecule has 0 amide bonds. The molecule has 0 aliphatic rings. The second-order valence-electron chi connectivity index (χ2n) is 22.5. The van der Waals surface area contributed by atoms with E-state index in [4.69, 9.17) is 0 Å². The minimum absolute atomic E-state index is 0.299. The van der Waals surface area contributed by atoms with Crippen molar-refractivity contribution < 1.29 is 0 Å². The molecule has 2 heteroatoms. The van der Waals surface area contributed by atoms with Crippen molar-refractivity contribution in [2.45, 2.75) is 53.9 Å². The van der Waals surface area contributed by atoms with Gasteiger partial charge in [-0.3, -0.25) is 0 Å². The number of hydrogen-bond donors (Lipinski definition) is 0. The van der Waals surface area contributed by atoms with Gasteiger partial charge >= 0.3 is 0 Å². The highest BCUT2D eigenvalue weighted by Crippen LogP contribution is 2.42. The lowest BCUT2D eigenvalue weighted by Gasteiger charge is -2.29. The summed E-state index contributed by atoms with van der Waals surface area (Å²) in [6.45, 7) is 13.2. The van der Waals surface area contributed by atoms with E-state index in [1.54, 1.807) is 0 Å². The Morgan fingerprint density at radius 3 is 0.919 bits per heavy atom. The fourth-order valence-corrected chi connectivity index (χ4v) is 11.9. The first-order chi connectivity index (χ1) is 42.1. The molecule has 0 aliphatic carbocycles. The van der Waals surface area contributed by atoms with E-state index in [1.807, 2.05) is 0 Å². The van der Waals surface area contributed by atoms with Crippen LogP contribution in [0.1, 0.15) is 101 Å². The van der Waals surface area contributed by atoms with Crippen molar-refractivity contribution in [2.75, 3.05) is 9.80 Å². The van der Waals surface area contributed by atoms with Crippen LogP contribution in [0.2, 0.25) is 0 Å². The Morgan fingerprint density at radius 1 is 0.314 bits per heavy atom. The monoisotopic (exact) mass is 1110 g/mol. The summed E-state index contributed by atoms with van der Waals surface area (Å²) in [6.07, 6.45) is 20.8. The molecular formula is C84H74N2. The third kappa shape index (κ3) is 14.2. The molecule has 0 aromatic heterocycles. The summed E-state index contributed by atoms with van der Waals surface area (Å²) < 4.78 is 0. The first kappa shape index (κ1) is 57.5. The van der Waals surface area contributed by atoms with Gasteiger partial charge in [-0.1, -0.05) is 284 Å². The maximum Gasteiger partial charge on any atom is 0.0520 e. The number of nitrogens with zero attached hydrogens (tertiary/aromatic N) is 2. The molecule has 0 bridgehead atoms. The van der Waals surface area contributed by atoms with Crippen LogP contribution in [0, 0.1) is 41.5 Å². The average molecular weight is 1110 g/mol. The lowest BCUT2D eigenvalue weighted by molar-refractivity contribution is 0.832. The van der Waals surface area contributed by atoms with Gasteiger partial charge in [0.15, 0.2) is 0 Å². The summed E-state index contributed by atoms with van der Waals surface area (Å²) in [6, 6.07) is 96.5. The molecule has 0 aliphatic heterocycles. The zero-order valence-corrected chi connectivity index (χ0v) is 50.3. The van der Waals surface area contributed by atoms with Crippen LogP contribution in [0.4, 0.5) is 34.1 Å². The summed E-state index contributed by atoms with van der Waals surface area (Å²) in [5.41, 5.74) is 27.5. The Balaban J connectivity index is 0.761. The molecule has 2 nitrogen and oxygen atoms in total. The van der Waals surface area contributed by atoms with Gasteiger partial charge in [-0.05, 0) is 180 Å². The summed E-state index contributed by atoms with van der Waals surface area (Å²) >= 11 is 0. The second-order valence-corrected chi connectivity index (χ2v) is 22.5. The average Bonchev–Trinajstić information content (AvgIpc) is 3.72. The van der Waals surface area contributed by atoms with E-state index in [0.717, 1.165) is 57.0 Å². The molecule has 0 atom stereocenters. The normalized spacial score (nSPS) is 11.6. The van der Waals surface area contributed by atoms with Crippen LogP contribution in [-0.4, -0.2) is 0 Å². The number of rotatable bonds is 19. The maximum absolute atomic E-state index is 2.40. The number of anilines is 6. The van der Waals surface area contributed by atoms with Gasteiger partial charge in [0.25, 0.3) is 0 Å². The molecular weight excluding hydrogens is 1040 g/mol. The minimum Gasteiger partial charge on any atom is -0.310 e. The third-order valence-electron chi connectivity index (χ3n) is 16.0. The lowest BCUT2D eigenvalue weighted by atomic mass is 9.88. The van der Waals surface area contributed by atoms with Crippen molar-refractivity contribution in [1.29, 1.82) is 0 Å². The quantitative estimate of drug-likeness (QED) is 0.0588. The van der Waals surface area contributed by atoms with E-state index in [2.05, 4.69) is 373 Å². The predicted octanol–water partition coefficient (Wildman–Crippen LogP) is 23.2. The van der Waals surface area contributed by atoms with E-state index in [-0.39, 0.29) is 0 Å². The summed E-state index contributed by atoms with van der Waals surface area (Å²) in [5, 5.41) is 0. The molecule has 0 radical (unpaired) electrons. The summed E-state index contributed by atoms with van der Waals surface area (Å²) in [4.78, 5) is 4.80. The van der Waals surface area contributed by atoms with Gasteiger partial charge in [0.05, 0.1) is 11.4 Å². The SMILES string of the molecule is Cc1cc(C)c(N(c2ccc(C=CC=C(c3ccccc3)c3ccccc3)cc2)c2ccc(C=Cc3ccc(C=Cc4ccc(N(c5ccc(C=CCC(c6ccccc6)c6ccccc6)cc5)c5c(C)cc(C)cc5C)cc4)cc3)cc2)c(C)c1. The summed E-state index contributed by atoms with van der Waals surface area (Å²) in [5.74, 6) is 0.299. The predicted molar refractivity (Wildman–Crippen MR) is 372 cm³/mol. The molecule has 0 spiro atoms. The van der Waals surface area contributed by atoms with Gasteiger partial charge in [-0.2, -0.15) is 0 Å². The number of hydrogen-bond acceptors (Lipinski definition) is 2. The number of benzene rings is 11. The minimum atomic E-state index is 0.299. The lowest BCUT2D eigenvalue weighted by Crippen LogP contribution is -2.13. The first-order valence-electron chi connectivity index (χ1n) is 30.0. The van der Waals surface area contributed by atoms with Crippen molar-refractivity contribution in [1.82, 2.24) is 0 Å². The second kappa shape index (κ2) is 27.4. The topological polar surface area (TPSA) is 6.48 Å². The Hall–Kier alpha value is -10.3. The van der Waals surface area contributed by atoms with Gasteiger partial charge in [0.1, 0.15) is 0 Å². The van der Waals surface area contributed by atoms with Crippen molar-refractivity contribution in [3.8, 4) is 0 Å². The van der Waals surface area contributed by atoms with Crippen LogP contribution in [0.15, 0.2) is 285 Å². The summed E-state index contributed by atoms with van der Waals surface area (Å²) in [7, 11) is 0. The van der Waals surface area contributed by atoms with E-state index in [9.17, 15) is 0 Å². The van der Waals surface area contributed by atoms with Crippen LogP contribution in [0.5, 0.6) is 0 Å². The van der Waals surface area contributed by atoms with Crippen LogP contribution in [-0.2, 0) is 0 Å². The van der Waals surface area contributed by atoms with Gasteiger partial charge in [0.2, 0.25) is 0 Å². The van der Waals surface area contributed by atoms with Crippen LogP contribution in [0.3, 0.4) is 0 Å². The molecule has 0 N–H and O–H groups in total. The third-order valence-corrected chi connectivity index (χ3v) is 16.0. The van der Waals surface area contributed by atoms with Gasteiger partial charge in [-0.25, -0.2) is 0 Å². The molecule has 11 aromatic rings. The Kier molecular flexibility index (Phi) is 18.3. The molecule has 420 valence electrons. The van der Waals surface area contributed by atoms with E-state index < -0.39 is 0 Å². The highest BCUT2D eigenvalue weighted by molar-refractivity contribution is 5.85. The van der Waals surface area contributed by atoms with Crippen molar-refractivity contribution >= 4 is 76.2 Å². The Morgan fingerprint density at radius 2 is 0.593 bits per heavy atom. The zero-order valence-electron chi connectivity index (χ0n) is 50.3. The highest BCUT2D eigenvalue weighted by Gasteiger charge is 2.20. The number of allylic oxidation sites excluding steroid dienone is 3.